The van der Waals surface area contributed by atoms with Gasteiger partial charge in [0.15, 0.2) is 11.6 Å². The molecule has 2 N–H and O–H groups in total. The van der Waals surface area contributed by atoms with Gasteiger partial charge in [-0.25, -0.2) is 13.2 Å². The summed E-state index contributed by atoms with van der Waals surface area (Å²) in [4.78, 5) is 0. The van der Waals surface area contributed by atoms with Crippen molar-refractivity contribution in [1.82, 2.24) is 0 Å². The minimum atomic E-state index is -1.26. The van der Waals surface area contributed by atoms with Crippen LogP contribution >= 0.6 is 0 Å². The fourth-order valence-electron chi connectivity index (χ4n) is 1.96. The largest absolute Gasteiger partial charge is 0.497 e. The Kier molecular flexibility index (Phi) is 4.37. The fourth-order valence-corrected chi connectivity index (χ4v) is 1.96. The van der Waals surface area contributed by atoms with Gasteiger partial charge in [-0.3, -0.25) is 0 Å². The molecule has 6 heteroatoms. The van der Waals surface area contributed by atoms with Gasteiger partial charge < -0.3 is 15.2 Å². The zero-order chi connectivity index (χ0) is 15.6. The molecule has 2 aromatic carbocycles. The molecule has 3 nitrogen and oxygen atoms in total. The van der Waals surface area contributed by atoms with Gasteiger partial charge in [0.2, 0.25) is 0 Å². The predicted octanol–water partition coefficient (Wildman–Crippen LogP) is 3.17. The second-order valence-electron chi connectivity index (χ2n) is 4.41. The summed E-state index contributed by atoms with van der Waals surface area (Å²) in [5.74, 6) is -2.41. The summed E-state index contributed by atoms with van der Waals surface area (Å²) >= 11 is 0. The van der Waals surface area contributed by atoms with Crippen LogP contribution in [0.3, 0.4) is 0 Å². The van der Waals surface area contributed by atoms with Crippen molar-refractivity contribution in [3.8, 4) is 11.5 Å². The maximum atomic E-state index is 13.8. The van der Waals surface area contributed by atoms with Crippen LogP contribution in [0.1, 0.15) is 17.2 Å². The molecule has 2 aromatic rings. The summed E-state index contributed by atoms with van der Waals surface area (Å²) < 4.78 is 50.2. The highest BCUT2D eigenvalue weighted by Crippen LogP contribution is 2.30. The minimum absolute atomic E-state index is 0.149. The van der Waals surface area contributed by atoms with E-state index in [0.717, 1.165) is 6.07 Å². The lowest BCUT2D eigenvalue weighted by molar-refractivity contribution is 0.393. The third kappa shape index (κ3) is 3.11. The van der Waals surface area contributed by atoms with Gasteiger partial charge >= 0.3 is 0 Å². The predicted molar refractivity (Wildman–Crippen MR) is 71.9 cm³/mol. The zero-order valence-electron chi connectivity index (χ0n) is 11.5. The highest BCUT2D eigenvalue weighted by atomic mass is 19.2. The molecule has 0 saturated carbocycles. The van der Waals surface area contributed by atoms with Crippen molar-refractivity contribution in [2.75, 3.05) is 14.2 Å². The highest BCUT2D eigenvalue weighted by molar-refractivity contribution is 5.43. The van der Waals surface area contributed by atoms with Crippen molar-refractivity contribution in [3.05, 3.63) is 58.9 Å². The van der Waals surface area contributed by atoms with Crippen molar-refractivity contribution in [1.29, 1.82) is 0 Å². The lowest BCUT2D eigenvalue weighted by atomic mass is 9.98. The Morgan fingerprint density at radius 2 is 1.33 bits per heavy atom. The quantitative estimate of drug-likeness (QED) is 0.882. The van der Waals surface area contributed by atoms with Crippen molar-refractivity contribution in [2.24, 2.45) is 5.73 Å². The van der Waals surface area contributed by atoms with E-state index in [1.165, 1.54) is 14.2 Å². The van der Waals surface area contributed by atoms with E-state index < -0.39 is 23.5 Å². The zero-order valence-corrected chi connectivity index (χ0v) is 11.5. The molecule has 0 fully saturated rings. The van der Waals surface area contributed by atoms with E-state index in [2.05, 4.69) is 0 Å². The average Bonchev–Trinajstić information content (AvgIpc) is 2.49. The molecule has 112 valence electrons. The van der Waals surface area contributed by atoms with Crippen LogP contribution in [0.2, 0.25) is 0 Å². The number of halogens is 3. The molecule has 1 unspecified atom stereocenters. The Balaban J connectivity index is 2.49. The first-order chi connectivity index (χ1) is 9.96. The molecule has 0 aromatic heterocycles. The summed E-state index contributed by atoms with van der Waals surface area (Å²) in [7, 11) is 2.92. The van der Waals surface area contributed by atoms with E-state index in [9.17, 15) is 13.2 Å². The highest BCUT2D eigenvalue weighted by Gasteiger charge is 2.18. The van der Waals surface area contributed by atoms with Crippen molar-refractivity contribution in [2.45, 2.75) is 6.04 Å². The van der Waals surface area contributed by atoms with Gasteiger partial charge in [-0.2, -0.15) is 0 Å². The number of rotatable bonds is 4. The lowest BCUT2D eigenvalue weighted by Gasteiger charge is -2.16. The molecule has 2 rings (SSSR count). The van der Waals surface area contributed by atoms with Crippen molar-refractivity contribution in [3.63, 3.8) is 0 Å². The second kappa shape index (κ2) is 6.05. The Morgan fingerprint density at radius 3 is 1.86 bits per heavy atom. The van der Waals surface area contributed by atoms with E-state index in [-0.39, 0.29) is 5.56 Å². The summed E-state index contributed by atoms with van der Waals surface area (Å²) in [6, 6.07) is 5.02. The molecule has 0 spiro atoms. The SMILES string of the molecule is COc1cc(OC)cc(C(N)c2cc(F)c(F)cc2F)c1. The van der Waals surface area contributed by atoms with E-state index >= 15 is 0 Å². The van der Waals surface area contributed by atoms with E-state index in [4.69, 9.17) is 15.2 Å². The number of hydrogen-bond donors (Lipinski definition) is 1. The first kappa shape index (κ1) is 15.2. The van der Waals surface area contributed by atoms with Gasteiger partial charge in [0.05, 0.1) is 20.3 Å². The number of nitrogens with two attached hydrogens (primary N) is 1. The van der Waals surface area contributed by atoms with Gasteiger partial charge in [-0.05, 0) is 23.8 Å². The molecule has 0 amide bonds. The molecular formula is C15H14F3NO2. The molecule has 0 saturated heterocycles. The smallest absolute Gasteiger partial charge is 0.161 e. The van der Waals surface area contributed by atoms with Crippen LogP contribution in [0.5, 0.6) is 11.5 Å². The van der Waals surface area contributed by atoms with E-state index in [0.29, 0.717) is 23.1 Å². The van der Waals surface area contributed by atoms with Gasteiger partial charge in [0, 0.05) is 17.7 Å². The van der Waals surface area contributed by atoms with Gasteiger partial charge in [0.1, 0.15) is 17.3 Å². The third-order valence-corrected chi connectivity index (χ3v) is 3.11. The number of ether oxygens (including phenoxy) is 2. The van der Waals surface area contributed by atoms with Crippen LogP contribution in [0.25, 0.3) is 0 Å². The van der Waals surface area contributed by atoms with Crippen LogP contribution in [0.4, 0.5) is 13.2 Å². The first-order valence-electron chi connectivity index (χ1n) is 6.09. The van der Waals surface area contributed by atoms with Crippen LogP contribution < -0.4 is 15.2 Å². The maximum absolute atomic E-state index is 13.8. The van der Waals surface area contributed by atoms with Gasteiger partial charge in [-0.1, -0.05) is 0 Å². The second-order valence-corrected chi connectivity index (χ2v) is 4.41. The molecule has 0 aliphatic carbocycles. The fraction of sp³-hybridized carbons (Fsp3) is 0.200. The molecule has 0 aliphatic heterocycles. The Bertz CT molecular complexity index is 639. The molecule has 0 aliphatic rings. The van der Waals surface area contributed by atoms with Crippen LogP contribution in [0.15, 0.2) is 30.3 Å². The first-order valence-corrected chi connectivity index (χ1v) is 6.09. The summed E-state index contributed by atoms with van der Waals surface area (Å²) in [6.07, 6.45) is 0. The molecular weight excluding hydrogens is 283 g/mol. The third-order valence-electron chi connectivity index (χ3n) is 3.11. The van der Waals surface area contributed by atoms with Gasteiger partial charge in [-0.15, -0.1) is 0 Å². The Hall–Kier alpha value is -2.21. The molecule has 21 heavy (non-hydrogen) atoms. The molecule has 1 atom stereocenters. The van der Waals surface area contributed by atoms with E-state index in [1.807, 2.05) is 0 Å². The normalized spacial score (nSPS) is 12.1. The Morgan fingerprint density at radius 1 is 0.810 bits per heavy atom. The van der Waals surface area contributed by atoms with Crippen LogP contribution in [-0.2, 0) is 0 Å². The van der Waals surface area contributed by atoms with Crippen molar-refractivity contribution < 1.29 is 22.6 Å². The monoisotopic (exact) mass is 297 g/mol. The van der Waals surface area contributed by atoms with Gasteiger partial charge in [0.25, 0.3) is 0 Å². The topological polar surface area (TPSA) is 44.5 Å². The Labute approximate surface area is 120 Å². The number of methoxy groups -OCH3 is 2. The summed E-state index contributed by atoms with van der Waals surface area (Å²) in [6.45, 7) is 0. The van der Waals surface area contributed by atoms with Crippen LogP contribution in [0, 0.1) is 17.5 Å². The molecule has 0 radical (unpaired) electrons. The van der Waals surface area contributed by atoms with Crippen LogP contribution in [-0.4, -0.2) is 14.2 Å². The van der Waals surface area contributed by atoms with Crippen molar-refractivity contribution >= 4 is 0 Å². The minimum Gasteiger partial charge on any atom is -0.497 e. The summed E-state index contributed by atoms with van der Waals surface area (Å²) in [5, 5.41) is 0. The maximum Gasteiger partial charge on any atom is 0.161 e. The lowest BCUT2D eigenvalue weighted by Crippen LogP contribution is -2.15. The molecule has 0 heterocycles. The standard InChI is InChI=1S/C15H14F3NO2/c1-20-9-3-8(4-10(5-9)21-2)15(19)11-6-13(17)14(18)7-12(11)16/h3-7,15H,19H2,1-2H3. The number of benzene rings is 2. The molecule has 0 bridgehead atoms. The number of hydrogen-bond acceptors (Lipinski definition) is 3. The summed E-state index contributed by atoms with van der Waals surface area (Å²) in [5.41, 5.74) is 6.25. The van der Waals surface area contributed by atoms with E-state index in [1.54, 1.807) is 18.2 Å². The average molecular weight is 297 g/mol.